The van der Waals surface area contributed by atoms with Gasteiger partial charge in [-0.3, -0.25) is 4.79 Å². The number of aromatic nitrogens is 1. The van der Waals surface area contributed by atoms with E-state index in [-0.39, 0.29) is 17.7 Å². The summed E-state index contributed by atoms with van der Waals surface area (Å²) in [6, 6.07) is 10.1. The van der Waals surface area contributed by atoms with E-state index in [1.54, 1.807) is 0 Å². The van der Waals surface area contributed by atoms with Gasteiger partial charge in [0.1, 0.15) is 5.69 Å². The highest BCUT2D eigenvalue weighted by molar-refractivity contribution is 6.03. The number of aromatic amines is 1. The van der Waals surface area contributed by atoms with Crippen LogP contribution in [0.25, 0.3) is 0 Å². The molecule has 0 bridgehead atoms. The Balaban J connectivity index is 1.50. The molecule has 0 unspecified atom stereocenters. The molecule has 1 heterocycles. The number of esters is 1. The molecule has 0 saturated heterocycles. The molecular weight excluding hydrogens is 338 g/mol. The number of ketones is 1. The van der Waals surface area contributed by atoms with E-state index in [0.717, 1.165) is 30.5 Å². The number of benzene rings is 1. The molecule has 2 aliphatic rings. The summed E-state index contributed by atoms with van der Waals surface area (Å²) in [5.41, 5.74) is 3.95. The second-order valence-electron chi connectivity index (χ2n) is 8.02. The molecule has 1 fully saturated rings. The van der Waals surface area contributed by atoms with Crippen LogP contribution in [-0.4, -0.2) is 23.3 Å². The van der Waals surface area contributed by atoms with Gasteiger partial charge in [-0.2, -0.15) is 0 Å². The molecule has 27 heavy (non-hydrogen) atoms. The van der Waals surface area contributed by atoms with Crippen LogP contribution in [0.4, 0.5) is 0 Å². The standard InChI is InChI=1S/C23H27NO3/c1-15-21-19(12-18(13-20(21)25)17-10-6-3-7-11-17)24-22(15)23(26)27-14-16-8-4-2-5-9-16/h3,6-7,10-11,16,18,24H,2,4-5,8-9,12-14H2,1H3/t18-/m1/s1. The maximum absolute atomic E-state index is 12.8. The normalized spacial score (nSPS) is 20.3. The molecule has 0 radical (unpaired) electrons. The predicted molar refractivity (Wildman–Crippen MR) is 104 cm³/mol. The predicted octanol–water partition coefficient (Wildman–Crippen LogP) is 4.97. The van der Waals surface area contributed by atoms with E-state index >= 15 is 0 Å². The van der Waals surface area contributed by atoms with Crippen molar-refractivity contribution in [2.75, 3.05) is 6.61 Å². The Hall–Kier alpha value is -2.36. The third-order valence-corrected chi connectivity index (χ3v) is 6.14. The van der Waals surface area contributed by atoms with E-state index in [2.05, 4.69) is 17.1 Å². The lowest BCUT2D eigenvalue weighted by atomic mass is 9.81. The average molecular weight is 365 g/mol. The van der Waals surface area contributed by atoms with Crippen molar-refractivity contribution in [3.63, 3.8) is 0 Å². The fourth-order valence-corrected chi connectivity index (χ4v) is 4.62. The minimum atomic E-state index is -0.323. The number of carbonyl (C=O) groups is 2. The first-order valence-corrected chi connectivity index (χ1v) is 10.1. The van der Waals surface area contributed by atoms with Gasteiger partial charge in [-0.15, -0.1) is 0 Å². The minimum absolute atomic E-state index is 0.116. The Kier molecular flexibility index (Phi) is 5.15. The molecule has 0 spiro atoms. The van der Waals surface area contributed by atoms with Crippen LogP contribution in [0, 0.1) is 12.8 Å². The van der Waals surface area contributed by atoms with E-state index < -0.39 is 0 Å². The van der Waals surface area contributed by atoms with Crippen molar-refractivity contribution in [3.05, 3.63) is 58.4 Å². The fraction of sp³-hybridized carbons (Fsp3) is 0.478. The molecule has 1 aromatic carbocycles. The Morgan fingerprint density at radius 2 is 1.85 bits per heavy atom. The lowest BCUT2D eigenvalue weighted by Gasteiger charge is -2.22. The molecule has 2 aromatic rings. The number of fused-ring (bicyclic) bond motifs is 1. The summed E-state index contributed by atoms with van der Waals surface area (Å²) in [6.07, 6.45) is 7.28. The Bertz CT molecular complexity index is 831. The Morgan fingerprint density at radius 3 is 2.59 bits per heavy atom. The maximum atomic E-state index is 12.8. The van der Waals surface area contributed by atoms with Gasteiger partial charge in [0.25, 0.3) is 0 Å². The van der Waals surface area contributed by atoms with E-state index in [9.17, 15) is 9.59 Å². The van der Waals surface area contributed by atoms with Gasteiger partial charge in [-0.05, 0) is 49.1 Å². The van der Waals surface area contributed by atoms with Crippen molar-refractivity contribution < 1.29 is 14.3 Å². The summed E-state index contributed by atoms with van der Waals surface area (Å²) in [5, 5.41) is 0. The molecule has 1 aromatic heterocycles. The quantitative estimate of drug-likeness (QED) is 0.778. The highest BCUT2D eigenvalue weighted by Crippen LogP contribution is 2.35. The van der Waals surface area contributed by atoms with Crippen LogP contribution < -0.4 is 0 Å². The van der Waals surface area contributed by atoms with Gasteiger partial charge in [0.15, 0.2) is 5.78 Å². The molecule has 4 rings (SSSR count). The van der Waals surface area contributed by atoms with Crippen LogP contribution in [-0.2, 0) is 11.2 Å². The van der Waals surface area contributed by atoms with E-state index in [1.165, 1.54) is 24.8 Å². The van der Waals surface area contributed by atoms with Crippen LogP contribution in [0.3, 0.4) is 0 Å². The Morgan fingerprint density at radius 1 is 1.11 bits per heavy atom. The van der Waals surface area contributed by atoms with Crippen molar-refractivity contribution in [2.45, 2.75) is 57.8 Å². The lowest BCUT2D eigenvalue weighted by Crippen LogP contribution is -2.18. The maximum Gasteiger partial charge on any atom is 0.355 e. The number of ether oxygens (including phenoxy) is 1. The minimum Gasteiger partial charge on any atom is -0.461 e. The number of hydrogen-bond donors (Lipinski definition) is 1. The topological polar surface area (TPSA) is 59.2 Å². The van der Waals surface area contributed by atoms with Crippen molar-refractivity contribution in [3.8, 4) is 0 Å². The number of H-pyrrole nitrogens is 1. The van der Waals surface area contributed by atoms with Gasteiger partial charge in [0, 0.05) is 17.7 Å². The van der Waals surface area contributed by atoms with E-state index in [0.29, 0.717) is 30.2 Å². The zero-order valence-corrected chi connectivity index (χ0v) is 15.9. The fourth-order valence-electron chi connectivity index (χ4n) is 4.62. The van der Waals surface area contributed by atoms with Crippen molar-refractivity contribution >= 4 is 11.8 Å². The number of Topliss-reactive ketones (excluding diaryl/α,β-unsaturated/α-hetero) is 1. The first kappa shape index (κ1) is 18.0. The summed E-state index contributed by atoms with van der Waals surface area (Å²) >= 11 is 0. The van der Waals surface area contributed by atoms with Gasteiger partial charge < -0.3 is 9.72 Å². The van der Waals surface area contributed by atoms with Crippen LogP contribution >= 0.6 is 0 Å². The van der Waals surface area contributed by atoms with Gasteiger partial charge in [0.2, 0.25) is 0 Å². The lowest BCUT2D eigenvalue weighted by molar-refractivity contribution is 0.0403. The molecule has 4 nitrogen and oxygen atoms in total. The van der Waals surface area contributed by atoms with Gasteiger partial charge in [-0.1, -0.05) is 49.6 Å². The van der Waals surface area contributed by atoms with Crippen LogP contribution in [0.1, 0.15) is 82.1 Å². The van der Waals surface area contributed by atoms with Gasteiger partial charge in [0.05, 0.1) is 6.61 Å². The number of rotatable bonds is 4. The summed E-state index contributed by atoms with van der Waals surface area (Å²) in [6.45, 7) is 2.34. The van der Waals surface area contributed by atoms with Gasteiger partial charge >= 0.3 is 5.97 Å². The summed E-state index contributed by atoms with van der Waals surface area (Å²) < 4.78 is 5.59. The molecule has 2 aliphatic carbocycles. The van der Waals surface area contributed by atoms with E-state index in [4.69, 9.17) is 4.74 Å². The summed E-state index contributed by atoms with van der Waals surface area (Å²) in [5.74, 6) is 0.439. The van der Waals surface area contributed by atoms with Crippen LogP contribution in [0.2, 0.25) is 0 Å². The SMILES string of the molecule is Cc1c(C(=O)OCC2CCCCC2)[nH]c2c1C(=O)C[C@H](c1ccccc1)C2. The summed E-state index contributed by atoms with van der Waals surface area (Å²) in [4.78, 5) is 28.6. The number of hydrogen-bond acceptors (Lipinski definition) is 3. The molecule has 1 saturated carbocycles. The third kappa shape index (κ3) is 3.71. The summed E-state index contributed by atoms with van der Waals surface area (Å²) in [7, 11) is 0. The molecule has 142 valence electrons. The third-order valence-electron chi connectivity index (χ3n) is 6.14. The molecule has 4 heteroatoms. The largest absolute Gasteiger partial charge is 0.461 e. The van der Waals surface area contributed by atoms with Crippen molar-refractivity contribution in [1.29, 1.82) is 0 Å². The highest BCUT2D eigenvalue weighted by atomic mass is 16.5. The highest BCUT2D eigenvalue weighted by Gasteiger charge is 2.32. The smallest absolute Gasteiger partial charge is 0.355 e. The van der Waals surface area contributed by atoms with Crippen LogP contribution in [0.15, 0.2) is 30.3 Å². The Labute approximate surface area is 160 Å². The van der Waals surface area contributed by atoms with Gasteiger partial charge in [-0.25, -0.2) is 4.79 Å². The van der Waals surface area contributed by atoms with Crippen molar-refractivity contribution in [1.82, 2.24) is 4.98 Å². The first-order chi connectivity index (χ1) is 13.1. The zero-order chi connectivity index (χ0) is 18.8. The zero-order valence-electron chi connectivity index (χ0n) is 15.9. The van der Waals surface area contributed by atoms with Crippen LogP contribution in [0.5, 0.6) is 0 Å². The molecular formula is C23H27NO3. The second kappa shape index (κ2) is 7.71. The molecule has 1 N–H and O–H groups in total. The van der Waals surface area contributed by atoms with Crippen molar-refractivity contribution in [2.24, 2.45) is 5.92 Å². The number of nitrogens with one attached hydrogen (secondary N) is 1. The molecule has 1 atom stereocenters. The second-order valence-corrected chi connectivity index (χ2v) is 8.02. The number of carbonyl (C=O) groups excluding carboxylic acids is 2. The van der Waals surface area contributed by atoms with E-state index in [1.807, 2.05) is 25.1 Å². The average Bonchev–Trinajstić information content (AvgIpc) is 3.04. The molecule has 0 amide bonds. The molecule has 0 aliphatic heterocycles. The monoisotopic (exact) mass is 365 g/mol. The first-order valence-electron chi connectivity index (χ1n) is 10.1.